The molecule has 1 amide bonds. The van der Waals surface area contributed by atoms with E-state index in [9.17, 15) is 13.2 Å². The maximum Gasteiger partial charge on any atom is 0.243 e. The van der Waals surface area contributed by atoms with Crippen molar-refractivity contribution in [2.24, 2.45) is 0 Å². The van der Waals surface area contributed by atoms with Gasteiger partial charge in [-0.15, -0.1) is 0 Å². The fraction of sp³-hybridized carbons (Fsp3) is 0.190. The highest BCUT2D eigenvalue weighted by Gasteiger charge is 2.23. The molecule has 5 nitrogen and oxygen atoms in total. The fourth-order valence-corrected chi connectivity index (χ4v) is 4.04. The summed E-state index contributed by atoms with van der Waals surface area (Å²) in [4.78, 5) is 12.4. The molecule has 0 aliphatic heterocycles. The van der Waals surface area contributed by atoms with E-state index in [-0.39, 0.29) is 17.3 Å². The van der Waals surface area contributed by atoms with Crippen molar-refractivity contribution in [2.45, 2.75) is 18.4 Å². The predicted molar refractivity (Wildman–Crippen MR) is 107 cm³/mol. The van der Waals surface area contributed by atoms with Gasteiger partial charge in [0.1, 0.15) is 0 Å². The molecule has 3 aromatic carbocycles. The van der Waals surface area contributed by atoms with Crippen LogP contribution in [-0.4, -0.2) is 32.2 Å². The van der Waals surface area contributed by atoms with E-state index in [1.54, 1.807) is 18.2 Å². The molecule has 0 radical (unpaired) electrons. The zero-order valence-corrected chi connectivity index (χ0v) is 16.2. The van der Waals surface area contributed by atoms with Crippen molar-refractivity contribution in [2.75, 3.05) is 13.6 Å². The van der Waals surface area contributed by atoms with Gasteiger partial charge in [-0.2, -0.15) is 4.31 Å². The van der Waals surface area contributed by atoms with Crippen molar-refractivity contribution in [1.29, 1.82) is 0 Å². The number of likely N-dealkylation sites (N-methyl/N-ethyl adjacent to an activating group) is 1. The topological polar surface area (TPSA) is 66.5 Å². The van der Waals surface area contributed by atoms with Gasteiger partial charge in [-0.05, 0) is 35.4 Å². The van der Waals surface area contributed by atoms with Crippen LogP contribution in [0.5, 0.6) is 0 Å². The molecule has 0 aromatic heterocycles. The standard InChI is InChI=1S/C21H22N2O3S/c1-16-6-5-7-17(12-16)14-22-21(24)15-23(2)27(25,26)20-11-10-18-8-3-4-9-19(18)13-20/h3-13H,14-15H2,1-2H3,(H,22,24). The molecule has 0 aliphatic rings. The van der Waals surface area contributed by atoms with Crippen LogP contribution in [0.3, 0.4) is 0 Å². The second kappa shape index (κ2) is 7.90. The molecule has 0 spiro atoms. The van der Waals surface area contributed by atoms with Crippen molar-refractivity contribution < 1.29 is 13.2 Å². The third-order valence-corrected chi connectivity index (χ3v) is 6.17. The Morgan fingerprint density at radius 2 is 1.70 bits per heavy atom. The number of rotatable bonds is 6. The minimum absolute atomic E-state index is 0.176. The van der Waals surface area contributed by atoms with Crippen LogP contribution in [0.2, 0.25) is 0 Å². The number of aryl methyl sites for hydroxylation is 1. The lowest BCUT2D eigenvalue weighted by Crippen LogP contribution is -2.38. The number of fused-ring (bicyclic) bond motifs is 1. The molecule has 0 saturated carbocycles. The highest BCUT2D eigenvalue weighted by molar-refractivity contribution is 7.89. The molecule has 0 bridgehead atoms. The zero-order valence-electron chi connectivity index (χ0n) is 15.3. The van der Waals surface area contributed by atoms with E-state index in [1.165, 1.54) is 7.05 Å². The highest BCUT2D eigenvalue weighted by Crippen LogP contribution is 2.21. The number of hydrogen-bond acceptors (Lipinski definition) is 3. The summed E-state index contributed by atoms with van der Waals surface area (Å²) in [7, 11) is -2.33. The highest BCUT2D eigenvalue weighted by atomic mass is 32.2. The number of sulfonamides is 1. The average molecular weight is 382 g/mol. The van der Waals surface area contributed by atoms with Gasteiger partial charge < -0.3 is 5.32 Å². The third kappa shape index (κ3) is 4.53. The number of hydrogen-bond donors (Lipinski definition) is 1. The molecular formula is C21H22N2O3S. The van der Waals surface area contributed by atoms with Crippen LogP contribution < -0.4 is 5.32 Å². The number of nitrogens with one attached hydrogen (secondary N) is 1. The monoisotopic (exact) mass is 382 g/mol. The van der Waals surface area contributed by atoms with Crippen molar-refractivity contribution in [1.82, 2.24) is 9.62 Å². The molecule has 0 aliphatic carbocycles. The first-order chi connectivity index (χ1) is 12.9. The van der Waals surface area contributed by atoms with E-state index in [0.29, 0.717) is 6.54 Å². The number of amides is 1. The van der Waals surface area contributed by atoms with Gasteiger partial charge in [0.25, 0.3) is 0 Å². The summed E-state index contributed by atoms with van der Waals surface area (Å²) in [5.41, 5.74) is 2.08. The van der Waals surface area contributed by atoms with Crippen LogP contribution in [0.4, 0.5) is 0 Å². The lowest BCUT2D eigenvalue weighted by molar-refractivity contribution is -0.121. The first kappa shape index (κ1) is 19.1. The smallest absolute Gasteiger partial charge is 0.243 e. The van der Waals surface area contributed by atoms with Crippen LogP contribution in [-0.2, 0) is 21.4 Å². The van der Waals surface area contributed by atoms with E-state index in [0.717, 1.165) is 26.2 Å². The van der Waals surface area contributed by atoms with Crippen LogP contribution in [0.25, 0.3) is 10.8 Å². The van der Waals surface area contributed by atoms with Gasteiger partial charge in [-0.3, -0.25) is 4.79 Å². The first-order valence-electron chi connectivity index (χ1n) is 8.64. The Morgan fingerprint density at radius 3 is 2.44 bits per heavy atom. The van der Waals surface area contributed by atoms with Gasteiger partial charge in [0.2, 0.25) is 15.9 Å². The summed E-state index contributed by atoms with van der Waals surface area (Å²) in [5, 5.41) is 4.58. The summed E-state index contributed by atoms with van der Waals surface area (Å²) >= 11 is 0. The Kier molecular flexibility index (Phi) is 5.58. The second-order valence-electron chi connectivity index (χ2n) is 6.54. The summed E-state index contributed by atoms with van der Waals surface area (Å²) < 4.78 is 26.6. The molecule has 6 heteroatoms. The normalized spacial score (nSPS) is 11.7. The molecule has 140 valence electrons. The van der Waals surface area contributed by atoms with Crippen molar-refractivity contribution in [3.05, 3.63) is 77.9 Å². The average Bonchev–Trinajstić information content (AvgIpc) is 2.66. The van der Waals surface area contributed by atoms with Crippen molar-refractivity contribution in [3.63, 3.8) is 0 Å². The Morgan fingerprint density at radius 1 is 0.963 bits per heavy atom. The molecule has 3 aromatic rings. The van der Waals surface area contributed by atoms with Gasteiger partial charge in [0.15, 0.2) is 0 Å². The van der Waals surface area contributed by atoms with E-state index >= 15 is 0 Å². The molecular weight excluding hydrogens is 360 g/mol. The summed E-state index contributed by atoms with van der Waals surface area (Å²) in [5.74, 6) is -0.344. The Labute approximate surface area is 159 Å². The SMILES string of the molecule is Cc1cccc(CNC(=O)CN(C)S(=O)(=O)c2ccc3ccccc3c2)c1. The van der Waals surface area contributed by atoms with Gasteiger partial charge >= 0.3 is 0 Å². The van der Waals surface area contributed by atoms with Gasteiger partial charge in [-0.25, -0.2) is 8.42 Å². The Bertz CT molecular complexity index is 1080. The minimum Gasteiger partial charge on any atom is -0.351 e. The van der Waals surface area contributed by atoms with E-state index in [2.05, 4.69) is 5.32 Å². The molecule has 0 atom stereocenters. The van der Waals surface area contributed by atoms with Crippen LogP contribution in [0, 0.1) is 6.92 Å². The lowest BCUT2D eigenvalue weighted by Gasteiger charge is -2.17. The maximum atomic E-state index is 12.8. The van der Waals surface area contributed by atoms with Crippen LogP contribution >= 0.6 is 0 Å². The second-order valence-corrected chi connectivity index (χ2v) is 8.58. The first-order valence-corrected chi connectivity index (χ1v) is 10.1. The molecule has 3 rings (SSSR count). The quantitative estimate of drug-likeness (QED) is 0.712. The largest absolute Gasteiger partial charge is 0.351 e. The van der Waals surface area contributed by atoms with E-state index in [4.69, 9.17) is 0 Å². The lowest BCUT2D eigenvalue weighted by atomic mass is 10.1. The summed E-state index contributed by atoms with van der Waals surface area (Å²) in [6.45, 7) is 2.11. The molecule has 0 fully saturated rings. The number of benzene rings is 3. The fourth-order valence-electron chi connectivity index (χ4n) is 2.87. The molecule has 27 heavy (non-hydrogen) atoms. The maximum absolute atomic E-state index is 12.8. The van der Waals surface area contributed by atoms with E-state index in [1.807, 2.05) is 55.5 Å². The van der Waals surface area contributed by atoms with Crippen LogP contribution in [0.1, 0.15) is 11.1 Å². The summed E-state index contributed by atoms with van der Waals surface area (Å²) in [6, 6.07) is 20.3. The van der Waals surface area contributed by atoms with Gasteiger partial charge in [0, 0.05) is 13.6 Å². The number of carbonyl (C=O) groups excluding carboxylic acids is 1. The number of carbonyl (C=O) groups is 1. The molecule has 0 unspecified atom stereocenters. The molecule has 1 N–H and O–H groups in total. The Hall–Kier alpha value is -2.70. The van der Waals surface area contributed by atoms with E-state index < -0.39 is 10.0 Å². The number of nitrogens with zero attached hydrogens (tertiary/aromatic N) is 1. The predicted octanol–water partition coefficient (Wildman–Crippen LogP) is 3.09. The minimum atomic E-state index is -3.74. The molecule has 0 heterocycles. The van der Waals surface area contributed by atoms with Gasteiger partial charge in [-0.1, -0.05) is 60.2 Å². The summed E-state index contributed by atoms with van der Waals surface area (Å²) in [6.07, 6.45) is 0. The van der Waals surface area contributed by atoms with Crippen LogP contribution in [0.15, 0.2) is 71.6 Å². The Balaban J connectivity index is 1.67. The zero-order chi connectivity index (χ0) is 19.4. The van der Waals surface area contributed by atoms with Gasteiger partial charge in [0.05, 0.1) is 11.4 Å². The molecule has 0 saturated heterocycles. The van der Waals surface area contributed by atoms with Crippen molar-refractivity contribution in [3.8, 4) is 0 Å². The third-order valence-electron chi connectivity index (χ3n) is 4.37. The van der Waals surface area contributed by atoms with Crippen molar-refractivity contribution >= 4 is 26.7 Å².